The zero-order valence-electron chi connectivity index (χ0n) is 11.5. The molecule has 0 aromatic rings. The van der Waals surface area contributed by atoms with Crippen LogP contribution in [0.3, 0.4) is 0 Å². The second kappa shape index (κ2) is 9.33. The summed E-state index contributed by atoms with van der Waals surface area (Å²) >= 11 is 0. The van der Waals surface area contributed by atoms with Crippen LogP contribution in [0.1, 0.15) is 41.5 Å². The van der Waals surface area contributed by atoms with Crippen molar-refractivity contribution in [3.05, 3.63) is 0 Å². The molecule has 0 spiro atoms. The molecule has 2 atom stereocenters. The first-order valence-electron chi connectivity index (χ1n) is 5.88. The Labute approximate surface area is 99.2 Å². The molecule has 0 fully saturated rings. The lowest BCUT2D eigenvalue weighted by molar-refractivity contribution is -0.128. The monoisotopic (exact) mass is 230 g/mol. The van der Waals surface area contributed by atoms with Crippen LogP contribution in [0.2, 0.25) is 0 Å². The molecular formula is C12H26N2O2. The highest BCUT2D eigenvalue weighted by atomic mass is 16.2. The van der Waals surface area contributed by atoms with Gasteiger partial charge in [0.2, 0.25) is 5.91 Å². The predicted molar refractivity (Wildman–Crippen MR) is 67.3 cm³/mol. The number of ketones is 1. The van der Waals surface area contributed by atoms with Gasteiger partial charge in [0.25, 0.3) is 0 Å². The minimum atomic E-state index is -0.405. The summed E-state index contributed by atoms with van der Waals surface area (Å²) in [5, 5.41) is 5.58. The first kappa shape index (κ1) is 17.5. The summed E-state index contributed by atoms with van der Waals surface area (Å²) in [6.07, 6.45) is 0. The molecule has 96 valence electrons. The first-order valence-corrected chi connectivity index (χ1v) is 5.88. The van der Waals surface area contributed by atoms with Crippen molar-refractivity contribution in [1.29, 1.82) is 0 Å². The summed E-state index contributed by atoms with van der Waals surface area (Å²) < 4.78 is 0. The molecule has 2 unspecified atom stereocenters. The van der Waals surface area contributed by atoms with Crippen LogP contribution in [0.4, 0.5) is 0 Å². The van der Waals surface area contributed by atoms with Crippen molar-refractivity contribution >= 4 is 11.7 Å². The van der Waals surface area contributed by atoms with E-state index in [1.54, 1.807) is 14.0 Å². The Kier molecular flexibility index (Phi) is 10.2. The fourth-order valence-electron chi connectivity index (χ4n) is 1.17. The van der Waals surface area contributed by atoms with Crippen LogP contribution in [0, 0.1) is 5.92 Å². The minimum Gasteiger partial charge on any atom is -0.345 e. The van der Waals surface area contributed by atoms with E-state index in [1.165, 1.54) is 6.92 Å². The van der Waals surface area contributed by atoms with E-state index in [2.05, 4.69) is 10.6 Å². The molecule has 0 aromatic carbocycles. The van der Waals surface area contributed by atoms with E-state index in [4.69, 9.17) is 0 Å². The van der Waals surface area contributed by atoms with Crippen molar-refractivity contribution in [2.45, 2.75) is 53.6 Å². The van der Waals surface area contributed by atoms with E-state index in [-0.39, 0.29) is 23.7 Å². The Morgan fingerprint density at radius 3 is 1.75 bits per heavy atom. The van der Waals surface area contributed by atoms with E-state index in [9.17, 15) is 9.59 Å². The molecule has 0 aliphatic rings. The van der Waals surface area contributed by atoms with E-state index in [0.29, 0.717) is 0 Å². The van der Waals surface area contributed by atoms with Crippen LogP contribution in [0.25, 0.3) is 0 Å². The number of amides is 1. The van der Waals surface area contributed by atoms with Crippen molar-refractivity contribution < 1.29 is 9.59 Å². The van der Waals surface area contributed by atoms with Gasteiger partial charge < -0.3 is 10.6 Å². The van der Waals surface area contributed by atoms with E-state index >= 15 is 0 Å². The lowest BCUT2D eigenvalue weighted by Crippen LogP contribution is -2.50. The third-order valence-corrected chi connectivity index (χ3v) is 2.23. The maximum absolute atomic E-state index is 11.6. The molecule has 0 radical (unpaired) electrons. The fourth-order valence-corrected chi connectivity index (χ4v) is 1.17. The van der Waals surface area contributed by atoms with Gasteiger partial charge in [0.15, 0.2) is 5.78 Å². The summed E-state index contributed by atoms with van der Waals surface area (Å²) in [5.41, 5.74) is 0. The number of carbonyl (C=O) groups excluding carboxylic acids is 2. The SMILES string of the molecule is CC.CNC(C(=O)NC(C)C(C)=O)C(C)C. The van der Waals surface area contributed by atoms with E-state index in [0.717, 1.165) is 0 Å². The van der Waals surface area contributed by atoms with Crippen molar-refractivity contribution in [3.8, 4) is 0 Å². The third kappa shape index (κ3) is 6.56. The van der Waals surface area contributed by atoms with Gasteiger partial charge in [-0.3, -0.25) is 9.59 Å². The van der Waals surface area contributed by atoms with Gasteiger partial charge >= 0.3 is 0 Å². The predicted octanol–water partition coefficient (Wildman–Crippen LogP) is 1.35. The second-order valence-corrected chi connectivity index (χ2v) is 3.85. The summed E-state index contributed by atoms with van der Waals surface area (Å²) in [4.78, 5) is 22.5. The van der Waals surface area contributed by atoms with Gasteiger partial charge in [-0.15, -0.1) is 0 Å². The van der Waals surface area contributed by atoms with Crippen LogP contribution in [0.15, 0.2) is 0 Å². The molecule has 0 heterocycles. The average Bonchev–Trinajstić information content (AvgIpc) is 2.20. The molecule has 0 saturated heterocycles. The van der Waals surface area contributed by atoms with Gasteiger partial charge in [-0.1, -0.05) is 27.7 Å². The normalized spacial score (nSPS) is 13.5. The van der Waals surface area contributed by atoms with Crippen LogP contribution in [-0.4, -0.2) is 30.8 Å². The van der Waals surface area contributed by atoms with Crippen LogP contribution < -0.4 is 10.6 Å². The first-order chi connectivity index (χ1) is 7.40. The molecule has 0 aliphatic heterocycles. The number of likely N-dealkylation sites (N-methyl/N-ethyl adjacent to an activating group) is 1. The Hall–Kier alpha value is -0.900. The minimum absolute atomic E-state index is 0.0306. The Balaban J connectivity index is 0. The summed E-state index contributed by atoms with van der Waals surface area (Å²) in [5.74, 6) is 0.0568. The summed E-state index contributed by atoms with van der Waals surface area (Å²) in [6.45, 7) is 11.1. The van der Waals surface area contributed by atoms with Crippen molar-refractivity contribution in [2.24, 2.45) is 5.92 Å². The van der Waals surface area contributed by atoms with Gasteiger partial charge in [-0.2, -0.15) is 0 Å². The average molecular weight is 230 g/mol. The lowest BCUT2D eigenvalue weighted by Gasteiger charge is -2.21. The van der Waals surface area contributed by atoms with Gasteiger partial charge in [0.1, 0.15) is 0 Å². The number of hydrogen-bond acceptors (Lipinski definition) is 3. The van der Waals surface area contributed by atoms with Crippen LogP contribution in [0.5, 0.6) is 0 Å². The molecule has 0 saturated carbocycles. The van der Waals surface area contributed by atoms with Gasteiger partial charge in [-0.05, 0) is 26.8 Å². The number of hydrogen-bond donors (Lipinski definition) is 2. The molecule has 16 heavy (non-hydrogen) atoms. The second-order valence-electron chi connectivity index (χ2n) is 3.85. The Bertz CT molecular complexity index is 215. The molecule has 0 aliphatic carbocycles. The molecule has 0 aromatic heterocycles. The molecule has 4 heteroatoms. The Morgan fingerprint density at radius 2 is 1.50 bits per heavy atom. The van der Waals surface area contributed by atoms with Gasteiger partial charge in [-0.25, -0.2) is 0 Å². The fraction of sp³-hybridized carbons (Fsp3) is 0.833. The highest BCUT2D eigenvalue weighted by molar-refractivity contribution is 5.89. The molecule has 1 amide bonds. The number of carbonyl (C=O) groups is 2. The maximum atomic E-state index is 11.6. The smallest absolute Gasteiger partial charge is 0.237 e. The lowest BCUT2D eigenvalue weighted by atomic mass is 10.0. The third-order valence-electron chi connectivity index (χ3n) is 2.23. The zero-order chi connectivity index (χ0) is 13.3. The quantitative estimate of drug-likeness (QED) is 0.749. The molecule has 0 bridgehead atoms. The topological polar surface area (TPSA) is 58.2 Å². The summed E-state index contributed by atoms with van der Waals surface area (Å²) in [7, 11) is 1.74. The largest absolute Gasteiger partial charge is 0.345 e. The number of rotatable bonds is 5. The number of nitrogens with one attached hydrogen (secondary N) is 2. The summed E-state index contributed by atoms with van der Waals surface area (Å²) in [6, 6.07) is -0.645. The Morgan fingerprint density at radius 1 is 1.06 bits per heavy atom. The van der Waals surface area contributed by atoms with E-state index < -0.39 is 6.04 Å². The highest BCUT2D eigenvalue weighted by Gasteiger charge is 2.22. The molecule has 4 nitrogen and oxygen atoms in total. The molecule has 2 N–H and O–H groups in total. The highest BCUT2D eigenvalue weighted by Crippen LogP contribution is 2.01. The maximum Gasteiger partial charge on any atom is 0.237 e. The van der Waals surface area contributed by atoms with Crippen molar-refractivity contribution in [3.63, 3.8) is 0 Å². The van der Waals surface area contributed by atoms with Crippen LogP contribution in [-0.2, 0) is 9.59 Å². The van der Waals surface area contributed by atoms with Gasteiger partial charge in [0, 0.05) is 0 Å². The molecule has 0 rings (SSSR count). The van der Waals surface area contributed by atoms with Crippen LogP contribution >= 0.6 is 0 Å². The molecular weight excluding hydrogens is 204 g/mol. The number of Topliss-reactive ketones (excluding diaryl/α,β-unsaturated/α-hetero) is 1. The van der Waals surface area contributed by atoms with Gasteiger partial charge in [0.05, 0.1) is 12.1 Å². The van der Waals surface area contributed by atoms with Crippen molar-refractivity contribution in [1.82, 2.24) is 10.6 Å². The van der Waals surface area contributed by atoms with E-state index in [1.807, 2.05) is 27.7 Å². The zero-order valence-corrected chi connectivity index (χ0v) is 11.5. The van der Waals surface area contributed by atoms with Crippen molar-refractivity contribution in [2.75, 3.05) is 7.05 Å². The standard InChI is InChI=1S/C10H20N2O2.C2H6/c1-6(2)9(11-5)10(14)12-7(3)8(4)13;1-2/h6-7,9,11H,1-5H3,(H,12,14);1-2H3.